The lowest BCUT2D eigenvalue weighted by Gasteiger charge is -2.15. The van der Waals surface area contributed by atoms with Crippen LogP contribution in [0.15, 0.2) is 78.9 Å². The maximum absolute atomic E-state index is 12.5. The fourth-order valence-electron chi connectivity index (χ4n) is 2.46. The first-order valence-corrected chi connectivity index (χ1v) is 9.14. The summed E-state index contributed by atoms with van der Waals surface area (Å²) in [6.07, 6.45) is -0.860. The summed E-state index contributed by atoms with van der Waals surface area (Å²) in [7, 11) is 0. The molecule has 0 radical (unpaired) electrons. The minimum Gasteiger partial charge on any atom is -0.491 e. The van der Waals surface area contributed by atoms with E-state index in [1.807, 2.05) is 18.2 Å². The maximum atomic E-state index is 12.5. The molecule has 3 aromatic carbocycles. The Morgan fingerprint density at radius 3 is 2.29 bits per heavy atom. The van der Waals surface area contributed by atoms with E-state index < -0.39 is 6.10 Å². The number of ether oxygens (including phenoxy) is 2. The zero-order valence-electron chi connectivity index (χ0n) is 15.0. The molecule has 1 atom stereocenters. The molecule has 2 N–H and O–H groups in total. The van der Waals surface area contributed by atoms with Gasteiger partial charge in [0.1, 0.15) is 30.8 Å². The standard InChI is InChI=1S/C22H20ClNO4/c23-16-10-12-19(13-11-16)27-14-18(25)15-28-21-9-5-4-8-20(21)22(26)24-17-6-2-1-3-7-17/h1-13,18,25H,14-15H2,(H,24,26)/t18-/m1/s1. The second kappa shape index (κ2) is 9.78. The third-order valence-corrected chi connectivity index (χ3v) is 4.10. The average molecular weight is 398 g/mol. The molecule has 0 unspecified atom stereocenters. The molecule has 0 heterocycles. The summed E-state index contributed by atoms with van der Waals surface area (Å²) in [5.41, 5.74) is 1.08. The Bertz CT molecular complexity index is 900. The van der Waals surface area contributed by atoms with E-state index in [1.54, 1.807) is 60.7 Å². The Kier molecular flexibility index (Phi) is 6.89. The molecule has 0 saturated carbocycles. The van der Waals surface area contributed by atoms with E-state index >= 15 is 0 Å². The van der Waals surface area contributed by atoms with E-state index in [0.717, 1.165) is 0 Å². The molecule has 3 rings (SSSR count). The number of carbonyl (C=O) groups is 1. The largest absolute Gasteiger partial charge is 0.491 e. The van der Waals surface area contributed by atoms with Crippen LogP contribution < -0.4 is 14.8 Å². The van der Waals surface area contributed by atoms with Gasteiger partial charge in [-0.2, -0.15) is 0 Å². The number of para-hydroxylation sites is 2. The average Bonchev–Trinajstić information content (AvgIpc) is 2.73. The number of aliphatic hydroxyl groups excluding tert-OH is 1. The first-order valence-electron chi connectivity index (χ1n) is 8.76. The highest BCUT2D eigenvalue weighted by Crippen LogP contribution is 2.20. The molecule has 5 nitrogen and oxygen atoms in total. The van der Waals surface area contributed by atoms with Crippen molar-refractivity contribution in [3.63, 3.8) is 0 Å². The predicted octanol–water partition coefficient (Wildman–Crippen LogP) is 4.41. The van der Waals surface area contributed by atoms with Crippen molar-refractivity contribution in [2.24, 2.45) is 0 Å². The number of rotatable bonds is 8. The molecule has 0 spiro atoms. The van der Waals surface area contributed by atoms with E-state index in [0.29, 0.717) is 27.8 Å². The number of amides is 1. The van der Waals surface area contributed by atoms with Crippen LogP contribution in [0.3, 0.4) is 0 Å². The molecule has 144 valence electrons. The molecule has 0 aliphatic carbocycles. The minimum absolute atomic E-state index is 0.0107. The highest BCUT2D eigenvalue weighted by Gasteiger charge is 2.14. The van der Waals surface area contributed by atoms with Crippen molar-refractivity contribution in [2.45, 2.75) is 6.10 Å². The second-order valence-corrected chi connectivity index (χ2v) is 6.48. The lowest BCUT2D eigenvalue weighted by atomic mass is 10.2. The number of aliphatic hydroxyl groups is 1. The summed E-state index contributed by atoms with van der Waals surface area (Å²) < 4.78 is 11.2. The SMILES string of the molecule is O=C(Nc1ccccc1)c1ccccc1OC[C@H](O)COc1ccc(Cl)cc1. The van der Waals surface area contributed by atoms with Crippen LogP contribution >= 0.6 is 11.6 Å². The predicted molar refractivity (Wildman–Crippen MR) is 109 cm³/mol. The van der Waals surface area contributed by atoms with E-state index in [-0.39, 0.29) is 19.1 Å². The Balaban J connectivity index is 1.55. The van der Waals surface area contributed by atoms with Gasteiger partial charge in [-0.15, -0.1) is 0 Å². The summed E-state index contributed by atoms with van der Waals surface area (Å²) in [6, 6.07) is 22.9. The number of halogens is 1. The fraction of sp³-hybridized carbons (Fsp3) is 0.136. The Labute approximate surface area is 168 Å². The van der Waals surface area contributed by atoms with Gasteiger partial charge in [-0.1, -0.05) is 41.9 Å². The normalized spacial score (nSPS) is 11.5. The van der Waals surface area contributed by atoms with Crippen molar-refractivity contribution in [3.05, 3.63) is 89.4 Å². The third-order valence-electron chi connectivity index (χ3n) is 3.85. The van der Waals surface area contributed by atoms with Gasteiger partial charge in [0.05, 0.1) is 5.56 Å². The third kappa shape index (κ3) is 5.74. The van der Waals surface area contributed by atoms with Gasteiger partial charge in [0.2, 0.25) is 0 Å². The number of nitrogens with one attached hydrogen (secondary N) is 1. The first kappa shape index (κ1) is 19.7. The van der Waals surface area contributed by atoms with Crippen molar-refractivity contribution in [1.29, 1.82) is 0 Å². The van der Waals surface area contributed by atoms with Crippen molar-refractivity contribution in [1.82, 2.24) is 0 Å². The molecule has 0 aliphatic rings. The highest BCUT2D eigenvalue weighted by atomic mass is 35.5. The second-order valence-electron chi connectivity index (χ2n) is 6.05. The molecule has 0 bridgehead atoms. The van der Waals surface area contributed by atoms with E-state index in [1.165, 1.54) is 0 Å². The molecule has 6 heteroatoms. The van der Waals surface area contributed by atoms with Crippen LogP contribution in [0, 0.1) is 0 Å². The van der Waals surface area contributed by atoms with Gasteiger partial charge in [-0.3, -0.25) is 4.79 Å². The van der Waals surface area contributed by atoms with Gasteiger partial charge in [0.25, 0.3) is 5.91 Å². The molecule has 0 saturated heterocycles. The lowest BCUT2D eigenvalue weighted by molar-refractivity contribution is 0.0621. The summed E-state index contributed by atoms with van der Waals surface area (Å²) in [6.45, 7) is 0.0449. The topological polar surface area (TPSA) is 67.8 Å². The molecular weight excluding hydrogens is 378 g/mol. The van der Waals surface area contributed by atoms with Gasteiger partial charge in [-0.05, 0) is 48.5 Å². The van der Waals surface area contributed by atoms with Crippen LogP contribution in [0.1, 0.15) is 10.4 Å². The van der Waals surface area contributed by atoms with E-state index in [9.17, 15) is 9.90 Å². The van der Waals surface area contributed by atoms with Gasteiger partial charge in [-0.25, -0.2) is 0 Å². The number of carbonyl (C=O) groups excluding carboxylic acids is 1. The zero-order valence-corrected chi connectivity index (χ0v) is 15.8. The summed E-state index contributed by atoms with van der Waals surface area (Å²) in [4.78, 5) is 12.5. The molecule has 1 amide bonds. The van der Waals surface area contributed by atoms with Crippen molar-refractivity contribution < 1.29 is 19.4 Å². The summed E-state index contributed by atoms with van der Waals surface area (Å²) in [5.74, 6) is 0.710. The molecular formula is C22H20ClNO4. The Morgan fingerprint density at radius 1 is 0.893 bits per heavy atom. The van der Waals surface area contributed by atoms with Gasteiger partial charge < -0.3 is 19.9 Å². The van der Waals surface area contributed by atoms with Crippen LogP contribution in [-0.4, -0.2) is 30.3 Å². The molecule has 3 aromatic rings. The number of anilines is 1. The van der Waals surface area contributed by atoms with E-state index in [4.69, 9.17) is 21.1 Å². The highest BCUT2D eigenvalue weighted by molar-refractivity contribution is 6.30. The minimum atomic E-state index is -0.860. The number of hydrogen-bond acceptors (Lipinski definition) is 4. The van der Waals surface area contributed by atoms with Crippen molar-refractivity contribution in [3.8, 4) is 11.5 Å². The van der Waals surface area contributed by atoms with Crippen LogP contribution in [-0.2, 0) is 0 Å². The smallest absolute Gasteiger partial charge is 0.259 e. The van der Waals surface area contributed by atoms with Crippen LogP contribution in [0.25, 0.3) is 0 Å². The Hall–Kier alpha value is -3.02. The van der Waals surface area contributed by atoms with Gasteiger partial charge in [0, 0.05) is 10.7 Å². The zero-order chi connectivity index (χ0) is 19.8. The lowest BCUT2D eigenvalue weighted by Crippen LogP contribution is -2.25. The first-order chi connectivity index (χ1) is 13.6. The van der Waals surface area contributed by atoms with Crippen LogP contribution in [0.2, 0.25) is 5.02 Å². The number of hydrogen-bond donors (Lipinski definition) is 2. The maximum Gasteiger partial charge on any atom is 0.259 e. The fourth-order valence-corrected chi connectivity index (χ4v) is 2.58. The van der Waals surface area contributed by atoms with Crippen LogP contribution in [0.5, 0.6) is 11.5 Å². The van der Waals surface area contributed by atoms with Crippen LogP contribution in [0.4, 0.5) is 5.69 Å². The number of benzene rings is 3. The molecule has 0 aromatic heterocycles. The monoisotopic (exact) mass is 397 g/mol. The quantitative estimate of drug-likeness (QED) is 0.590. The molecule has 0 fully saturated rings. The molecule has 0 aliphatic heterocycles. The summed E-state index contributed by atoms with van der Waals surface area (Å²) >= 11 is 5.83. The van der Waals surface area contributed by atoms with Gasteiger partial charge in [0.15, 0.2) is 0 Å². The van der Waals surface area contributed by atoms with Crippen molar-refractivity contribution >= 4 is 23.2 Å². The Morgan fingerprint density at radius 2 is 1.54 bits per heavy atom. The van der Waals surface area contributed by atoms with Crippen molar-refractivity contribution in [2.75, 3.05) is 18.5 Å². The molecule has 28 heavy (non-hydrogen) atoms. The van der Waals surface area contributed by atoms with Gasteiger partial charge >= 0.3 is 0 Å². The summed E-state index contributed by atoms with van der Waals surface area (Å²) in [5, 5.41) is 13.5. The van der Waals surface area contributed by atoms with E-state index in [2.05, 4.69) is 5.32 Å².